The van der Waals surface area contributed by atoms with Gasteiger partial charge in [0.25, 0.3) is 0 Å². The van der Waals surface area contributed by atoms with Gasteiger partial charge in [-0.15, -0.1) is 11.3 Å². The van der Waals surface area contributed by atoms with Gasteiger partial charge in [0.2, 0.25) is 0 Å². The fourth-order valence-corrected chi connectivity index (χ4v) is 2.41. The molecular weight excluding hydrogens is 226 g/mol. The zero-order chi connectivity index (χ0) is 12.0. The quantitative estimate of drug-likeness (QED) is 0.674. The molecule has 0 saturated heterocycles. The van der Waals surface area contributed by atoms with E-state index in [1.807, 2.05) is 5.38 Å². The molecule has 1 aromatic rings. The first-order chi connectivity index (χ1) is 7.63. The highest BCUT2D eigenvalue weighted by Gasteiger charge is 2.09. The Hall–Kier alpha value is -0.910. The van der Waals surface area contributed by atoms with Crippen LogP contribution in [0.2, 0.25) is 0 Å². The molecule has 0 aliphatic rings. The van der Waals surface area contributed by atoms with Crippen LogP contribution in [-0.4, -0.2) is 28.8 Å². The van der Waals surface area contributed by atoms with Gasteiger partial charge in [0.15, 0.2) is 0 Å². The molecule has 1 heterocycles. The third kappa shape index (κ3) is 4.30. The maximum atomic E-state index is 10.3. The minimum absolute atomic E-state index is 0.210. The monoisotopic (exact) mass is 243 g/mol. The molecule has 3 N–H and O–H groups in total. The Morgan fingerprint density at radius 2 is 2.38 bits per heavy atom. The molecule has 0 amide bonds. The largest absolute Gasteiger partial charge is 0.481 e. The van der Waals surface area contributed by atoms with Crippen molar-refractivity contribution in [1.29, 1.82) is 0 Å². The highest BCUT2D eigenvalue weighted by molar-refractivity contribution is 7.10. The lowest BCUT2D eigenvalue weighted by atomic mass is 10.2. The Balaban J connectivity index is 2.27. The van der Waals surface area contributed by atoms with E-state index in [1.54, 1.807) is 11.3 Å². The lowest BCUT2D eigenvalue weighted by Crippen LogP contribution is -2.28. The molecule has 0 aliphatic carbocycles. The Morgan fingerprint density at radius 1 is 1.62 bits per heavy atom. The second-order valence-corrected chi connectivity index (χ2v) is 4.61. The van der Waals surface area contributed by atoms with Crippen molar-refractivity contribution in [1.82, 2.24) is 5.32 Å². The van der Waals surface area contributed by atoms with Crippen LogP contribution in [0.15, 0.2) is 11.4 Å². The first-order valence-electron chi connectivity index (χ1n) is 5.29. The maximum absolute atomic E-state index is 10.3. The molecule has 0 fully saturated rings. The molecular formula is C11H17NO3S. The molecule has 1 atom stereocenters. The molecule has 0 aromatic carbocycles. The SMILES string of the molecule is CCc1ccsc1CNCC(O)CC(=O)O. The zero-order valence-corrected chi connectivity index (χ0v) is 10.1. The number of aliphatic hydroxyl groups is 1. The van der Waals surface area contributed by atoms with Gasteiger partial charge in [-0.25, -0.2) is 0 Å². The summed E-state index contributed by atoms with van der Waals surface area (Å²) in [6.07, 6.45) is -0.0291. The van der Waals surface area contributed by atoms with E-state index in [9.17, 15) is 9.90 Å². The smallest absolute Gasteiger partial charge is 0.306 e. The number of nitrogens with one attached hydrogen (secondary N) is 1. The molecule has 5 heteroatoms. The number of hydrogen-bond donors (Lipinski definition) is 3. The predicted octanol–water partition coefficient (Wildman–Crippen LogP) is 1.24. The summed E-state index contributed by atoms with van der Waals surface area (Å²) in [5, 5.41) is 22.9. The summed E-state index contributed by atoms with van der Waals surface area (Å²) in [5.74, 6) is -0.973. The van der Waals surface area contributed by atoms with Crippen molar-refractivity contribution in [3.63, 3.8) is 0 Å². The van der Waals surface area contributed by atoms with Crippen molar-refractivity contribution in [3.05, 3.63) is 21.9 Å². The average molecular weight is 243 g/mol. The molecule has 1 aromatic heterocycles. The Morgan fingerprint density at radius 3 is 3.00 bits per heavy atom. The minimum Gasteiger partial charge on any atom is -0.481 e. The summed E-state index contributed by atoms with van der Waals surface area (Å²) >= 11 is 1.68. The van der Waals surface area contributed by atoms with Gasteiger partial charge < -0.3 is 15.5 Å². The standard InChI is InChI=1S/C11H17NO3S/c1-2-8-3-4-16-10(8)7-12-6-9(13)5-11(14)15/h3-4,9,12-13H,2,5-7H2,1H3,(H,14,15). The van der Waals surface area contributed by atoms with E-state index in [0.717, 1.165) is 6.42 Å². The van der Waals surface area contributed by atoms with Crippen molar-refractivity contribution in [2.24, 2.45) is 0 Å². The summed E-state index contributed by atoms with van der Waals surface area (Å²) in [7, 11) is 0. The highest BCUT2D eigenvalue weighted by atomic mass is 32.1. The van der Waals surface area contributed by atoms with Gasteiger partial charge in [-0.2, -0.15) is 0 Å². The van der Waals surface area contributed by atoms with Crippen LogP contribution < -0.4 is 5.32 Å². The van der Waals surface area contributed by atoms with E-state index < -0.39 is 12.1 Å². The first-order valence-corrected chi connectivity index (χ1v) is 6.17. The summed E-state index contributed by atoms with van der Waals surface area (Å²) in [4.78, 5) is 11.6. The lowest BCUT2D eigenvalue weighted by Gasteiger charge is -2.09. The number of carbonyl (C=O) groups is 1. The van der Waals surface area contributed by atoms with Crippen LogP contribution in [0.4, 0.5) is 0 Å². The van der Waals surface area contributed by atoms with E-state index in [0.29, 0.717) is 13.1 Å². The van der Waals surface area contributed by atoms with Crippen LogP contribution in [0.3, 0.4) is 0 Å². The summed E-state index contributed by atoms with van der Waals surface area (Å²) in [6, 6.07) is 2.09. The summed E-state index contributed by atoms with van der Waals surface area (Å²) in [5.41, 5.74) is 1.31. The third-order valence-electron chi connectivity index (χ3n) is 2.29. The van der Waals surface area contributed by atoms with Crippen LogP contribution in [-0.2, 0) is 17.8 Å². The molecule has 0 saturated carbocycles. The van der Waals surface area contributed by atoms with Gasteiger partial charge in [-0.05, 0) is 23.4 Å². The van der Waals surface area contributed by atoms with Crippen LogP contribution in [0, 0.1) is 0 Å². The number of rotatable bonds is 7. The molecule has 0 radical (unpaired) electrons. The zero-order valence-electron chi connectivity index (χ0n) is 9.27. The lowest BCUT2D eigenvalue weighted by molar-refractivity contribution is -0.139. The second-order valence-electron chi connectivity index (χ2n) is 3.61. The second kappa shape index (κ2) is 6.62. The predicted molar refractivity (Wildman–Crippen MR) is 63.7 cm³/mol. The number of aliphatic carboxylic acids is 1. The molecule has 0 spiro atoms. The van der Waals surface area contributed by atoms with Crippen LogP contribution in [0.1, 0.15) is 23.8 Å². The Bertz CT molecular complexity index is 338. The van der Waals surface area contributed by atoms with Crippen molar-refractivity contribution >= 4 is 17.3 Å². The van der Waals surface area contributed by atoms with Gasteiger partial charge in [0, 0.05) is 18.0 Å². The molecule has 16 heavy (non-hydrogen) atoms. The molecule has 0 aliphatic heterocycles. The van der Waals surface area contributed by atoms with E-state index in [1.165, 1.54) is 10.4 Å². The number of carboxylic acid groups (broad SMARTS) is 1. The average Bonchev–Trinajstić information content (AvgIpc) is 2.64. The van der Waals surface area contributed by atoms with Gasteiger partial charge in [0.1, 0.15) is 0 Å². The van der Waals surface area contributed by atoms with Crippen molar-refractivity contribution in [3.8, 4) is 0 Å². The molecule has 1 rings (SSSR count). The van der Waals surface area contributed by atoms with E-state index in [2.05, 4.69) is 18.3 Å². The van der Waals surface area contributed by atoms with E-state index in [4.69, 9.17) is 5.11 Å². The van der Waals surface area contributed by atoms with Crippen LogP contribution in [0.25, 0.3) is 0 Å². The van der Waals surface area contributed by atoms with Gasteiger partial charge in [0.05, 0.1) is 12.5 Å². The first kappa shape index (κ1) is 13.2. The number of carboxylic acids is 1. The van der Waals surface area contributed by atoms with E-state index >= 15 is 0 Å². The van der Waals surface area contributed by atoms with Crippen molar-refractivity contribution in [2.75, 3.05) is 6.54 Å². The van der Waals surface area contributed by atoms with Crippen molar-refractivity contribution < 1.29 is 15.0 Å². The molecule has 90 valence electrons. The van der Waals surface area contributed by atoms with E-state index in [-0.39, 0.29) is 6.42 Å². The highest BCUT2D eigenvalue weighted by Crippen LogP contribution is 2.16. The third-order valence-corrected chi connectivity index (χ3v) is 3.26. The number of aliphatic hydroxyl groups excluding tert-OH is 1. The van der Waals surface area contributed by atoms with Gasteiger partial charge >= 0.3 is 5.97 Å². The number of hydrogen-bond acceptors (Lipinski definition) is 4. The fourth-order valence-electron chi connectivity index (χ4n) is 1.46. The number of thiophene rings is 1. The van der Waals surface area contributed by atoms with Crippen LogP contribution >= 0.6 is 11.3 Å². The fraction of sp³-hybridized carbons (Fsp3) is 0.545. The maximum Gasteiger partial charge on any atom is 0.306 e. The van der Waals surface area contributed by atoms with Gasteiger partial charge in [-0.1, -0.05) is 6.92 Å². The summed E-state index contributed by atoms with van der Waals surface area (Å²) < 4.78 is 0. The van der Waals surface area contributed by atoms with Crippen molar-refractivity contribution in [2.45, 2.75) is 32.4 Å². The topological polar surface area (TPSA) is 69.6 Å². The normalized spacial score (nSPS) is 12.6. The molecule has 4 nitrogen and oxygen atoms in total. The Kier molecular flexibility index (Phi) is 5.45. The Labute approximate surface area is 98.9 Å². The minimum atomic E-state index is -0.973. The summed E-state index contributed by atoms with van der Waals surface area (Å²) in [6.45, 7) is 3.11. The van der Waals surface area contributed by atoms with Gasteiger partial charge in [-0.3, -0.25) is 4.79 Å². The number of aryl methyl sites for hydroxylation is 1. The molecule has 1 unspecified atom stereocenters. The molecule has 0 bridgehead atoms. The van der Waals surface area contributed by atoms with Crippen LogP contribution in [0.5, 0.6) is 0 Å².